The molecule has 0 bridgehead atoms. The highest BCUT2D eigenvalue weighted by Crippen LogP contribution is 2.33. The third-order valence-corrected chi connectivity index (χ3v) is 4.65. The molecule has 0 saturated heterocycles. The first-order valence-corrected chi connectivity index (χ1v) is 8.04. The van der Waals surface area contributed by atoms with Crippen LogP contribution in [-0.4, -0.2) is 9.55 Å². The third-order valence-electron chi connectivity index (χ3n) is 3.69. The Morgan fingerprint density at radius 2 is 2.05 bits per heavy atom. The summed E-state index contributed by atoms with van der Waals surface area (Å²) < 4.78 is 2.45. The van der Waals surface area contributed by atoms with Crippen LogP contribution in [0, 0.1) is 13.8 Å². The molecule has 21 heavy (non-hydrogen) atoms. The zero-order valence-electron chi connectivity index (χ0n) is 12.5. The summed E-state index contributed by atoms with van der Waals surface area (Å²) in [6.07, 6.45) is 2.61. The topological polar surface area (TPSA) is 34.9 Å². The first kappa shape index (κ1) is 14.0. The molecule has 2 heterocycles. The molecule has 0 aliphatic heterocycles. The SMILES string of the molecule is CCCn1cnc2c(-c3cc(C)ccc3C)csc2c1=O. The van der Waals surface area contributed by atoms with Gasteiger partial charge in [-0.25, -0.2) is 4.98 Å². The summed E-state index contributed by atoms with van der Waals surface area (Å²) in [5.41, 5.74) is 5.56. The van der Waals surface area contributed by atoms with Gasteiger partial charge in [-0.3, -0.25) is 9.36 Å². The third kappa shape index (κ3) is 2.40. The second-order valence-electron chi connectivity index (χ2n) is 5.39. The smallest absolute Gasteiger partial charge is 0.271 e. The summed E-state index contributed by atoms with van der Waals surface area (Å²) in [6.45, 7) is 6.96. The van der Waals surface area contributed by atoms with E-state index in [2.05, 4.69) is 49.3 Å². The summed E-state index contributed by atoms with van der Waals surface area (Å²) in [5.74, 6) is 0. The summed E-state index contributed by atoms with van der Waals surface area (Å²) in [6, 6.07) is 6.39. The molecule has 3 aromatic rings. The molecule has 0 aliphatic carbocycles. The van der Waals surface area contributed by atoms with Crippen molar-refractivity contribution in [3.8, 4) is 11.1 Å². The Bertz CT molecular complexity index is 861. The lowest BCUT2D eigenvalue weighted by Gasteiger charge is -2.07. The van der Waals surface area contributed by atoms with Gasteiger partial charge < -0.3 is 0 Å². The minimum Gasteiger partial charge on any atom is -0.298 e. The number of nitrogens with zero attached hydrogens (tertiary/aromatic N) is 2. The fourth-order valence-electron chi connectivity index (χ4n) is 2.56. The van der Waals surface area contributed by atoms with Gasteiger partial charge in [-0.05, 0) is 31.4 Å². The van der Waals surface area contributed by atoms with Gasteiger partial charge in [-0.15, -0.1) is 11.3 Å². The van der Waals surface area contributed by atoms with Crippen LogP contribution in [0.1, 0.15) is 24.5 Å². The van der Waals surface area contributed by atoms with Gasteiger partial charge in [-0.1, -0.05) is 30.7 Å². The lowest BCUT2D eigenvalue weighted by Crippen LogP contribution is -2.19. The molecular weight excluding hydrogens is 280 g/mol. The molecule has 3 nitrogen and oxygen atoms in total. The number of fused-ring (bicyclic) bond motifs is 1. The molecule has 0 fully saturated rings. The van der Waals surface area contributed by atoms with Crippen LogP contribution in [0.3, 0.4) is 0 Å². The van der Waals surface area contributed by atoms with Crippen LogP contribution < -0.4 is 5.56 Å². The summed E-state index contributed by atoms with van der Waals surface area (Å²) >= 11 is 1.49. The molecule has 4 heteroatoms. The maximum Gasteiger partial charge on any atom is 0.271 e. The van der Waals surface area contributed by atoms with Crippen LogP contribution in [-0.2, 0) is 6.54 Å². The molecule has 2 aromatic heterocycles. The van der Waals surface area contributed by atoms with Crippen LogP contribution in [0.25, 0.3) is 21.3 Å². The molecule has 0 radical (unpaired) electrons. The standard InChI is InChI=1S/C17H18N2OS/c1-4-7-19-10-18-15-14(9-21-16(15)17(19)20)13-8-11(2)5-6-12(13)3/h5-6,8-10H,4,7H2,1-3H3. The highest BCUT2D eigenvalue weighted by molar-refractivity contribution is 7.17. The predicted octanol–water partition coefficient (Wildman–Crippen LogP) is 4.15. The van der Waals surface area contributed by atoms with Gasteiger partial charge in [0.25, 0.3) is 5.56 Å². The Labute approximate surface area is 127 Å². The average molecular weight is 298 g/mol. The van der Waals surface area contributed by atoms with Crippen LogP contribution in [0.4, 0.5) is 0 Å². The molecule has 3 rings (SSSR count). The summed E-state index contributed by atoms with van der Waals surface area (Å²) in [7, 11) is 0. The highest BCUT2D eigenvalue weighted by atomic mass is 32.1. The minimum atomic E-state index is 0.0726. The largest absolute Gasteiger partial charge is 0.298 e. The molecule has 108 valence electrons. The van der Waals surface area contributed by atoms with Crippen LogP contribution in [0.5, 0.6) is 0 Å². The Kier molecular flexibility index (Phi) is 3.64. The summed E-state index contributed by atoms with van der Waals surface area (Å²) in [4.78, 5) is 17.0. The molecule has 0 aliphatic rings. The van der Waals surface area contributed by atoms with E-state index in [0.29, 0.717) is 0 Å². The van der Waals surface area contributed by atoms with E-state index in [1.54, 1.807) is 10.9 Å². The highest BCUT2D eigenvalue weighted by Gasteiger charge is 2.13. The maximum atomic E-state index is 12.4. The first-order valence-electron chi connectivity index (χ1n) is 7.16. The Balaban J connectivity index is 2.24. The fraction of sp³-hybridized carbons (Fsp3) is 0.294. The number of hydrogen-bond donors (Lipinski definition) is 0. The van der Waals surface area contributed by atoms with Crippen LogP contribution in [0.2, 0.25) is 0 Å². The van der Waals surface area contributed by atoms with Gasteiger partial charge in [0.2, 0.25) is 0 Å². The fourth-order valence-corrected chi connectivity index (χ4v) is 3.53. The first-order chi connectivity index (χ1) is 10.1. The zero-order valence-corrected chi connectivity index (χ0v) is 13.3. The van der Waals surface area contributed by atoms with E-state index in [9.17, 15) is 4.79 Å². The van der Waals surface area contributed by atoms with E-state index in [0.717, 1.165) is 28.7 Å². The molecular formula is C17H18N2OS. The van der Waals surface area contributed by atoms with Gasteiger partial charge >= 0.3 is 0 Å². The second kappa shape index (κ2) is 5.45. The molecule has 1 aromatic carbocycles. The van der Waals surface area contributed by atoms with Crippen molar-refractivity contribution in [2.24, 2.45) is 0 Å². The van der Waals surface area contributed by atoms with Crippen molar-refractivity contribution in [2.75, 3.05) is 0 Å². The number of benzene rings is 1. The van der Waals surface area contributed by atoms with E-state index < -0.39 is 0 Å². The number of hydrogen-bond acceptors (Lipinski definition) is 3. The average Bonchev–Trinajstić information content (AvgIpc) is 2.89. The van der Waals surface area contributed by atoms with Crippen molar-refractivity contribution in [1.29, 1.82) is 0 Å². The van der Waals surface area contributed by atoms with Crippen LogP contribution >= 0.6 is 11.3 Å². The van der Waals surface area contributed by atoms with E-state index in [1.165, 1.54) is 28.0 Å². The zero-order chi connectivity index (χ0) is 15.0. The lowest BCUT2D eigenvalue weighted by atomic mass is 10.00. The van der Waals surface area contributed by atoms with Crippen molar-refractivity contribution >= 4 is 21.6 Å². The summed E-state index contributed by atoms with van der Waals surface area (Å²) in [5, 5.41) is 2.05. The monoisotopic (exact) mass is 298 g/mol. The molecule has 0 atom stereocenters. The molecule has 0 N–H and O–H groups in total. The Morgan fingerprint density at radius 3 is 2.81 bits per heavy atom. The normalized spacial score (nSPS) is 11.2. The number of aryl methyl sites for hydroxylation is 3. The predicted molar refractivity (Wildman–Crippen MR) is 89.1 cm³/mol. The van der Waals surface area contributed by atoms with Gasteiger partial charge in [0, 0.05) is 17.5 Å². The van der Waals surface area contributed by atoms with Crippen LogP contribution in [0.15, 0.2) is 34.7 Å². The van der Waals surface area contributed by atoms with Crippen molar-refractivity contribution in [3.63, 3.8) is 0 Å². The van der Waals surface area contributed by atoms with E-state index in [1.807, 2.05) is 0 Å². The lowest BCUT2D eigenvalue weighted by molar-refractivity contribution is 0.649. The molecule has 0 amide bonds. The quantitative estimate of drug-likeness (QED) is 0.728. The van der Waals surface area contributed by atoms with E-state index >= 15 is 0 Å². The Morgan fingerprint density at radius 1 is 1.24 bits per heavy atom. The van der Waals surface area contributed by atoms with Crippen molar-refractivity contribution in [3.05, 3.63) is 51.4 Å². The number of aromatic nitrogens is 2. The van der Waals surface area contributed by atoms with Gasteiger partial charge in [0.15, 0.2) is 0 Å². The maximum absolute atomic E-state index is 12.4. The van der Waals surface area contributed by atoms with E-state index in [-0.39, 0.29) is 5.56 Å². The van der Waals surface area contributed by atoms with Gasteiger partial charge in [-0.2, -0.15) is 0 Å². The van der Waals surface area contributed by atoms with E-state index in [4.69, 9.17) is 0 Å². The molecule has 0 spiro atoms. The van der Waals surface area contributed by atoms with Crippen molar-refractivity contribution in [1.82, 2.24) is 9.55 Å². The van der Waals surface area contributed by atoms with Gasteiger partial charge in [0.1, 0.15) is 4.70 Å². The molecule has 0 unspecified atom stereocenters. The number of rotatable bonds is 3. The minimum absolute atomic E-state index is 0.0726. The van der Waals surface area contributed by atoms with Gasteiger partial charge in [0.05, 0.1) is 11.8 Å². The van der Waals surface area contributed by atoms with Crippen molar-refractivity contribution in [2.45, 2.75) is 33.7 Å². The Hall–Kier alpha value is -1.94. The number of thiophene rings is 1. The molecule has 0 saturated carbocycles. The second-order valence-corrected chi connectivity index (χ2v) is 6.27. The van der Waals surface area contributed by atoms with Crippen molar-refractivity contribution < 1.29 is 0 Å².